The summed E-state index contributed by atoms with van der Waals surface area (Å²) in [6.45, 7) is 7.53. The number of rotatable bonds is 2. The van der Waals surface area contributed by atoms with Crippen LogP contribution in [0.15, 0.2) is 12.3 Å². The number of hydrogen-bond donors (Lipinski definition) is 1. The van der Waals surface area contributed by atoms with E-state index < -0.39 is 0 Å². The summed E-state index contributed by atoms with van der Waals surface area (Å²) in [5, 5.41) is 9.57. The lowest BCUT2D eigenvalue weighted by Gasteiger charge is -2.22. The number of nitrogens with zero attached hydrogens (tertiary/aromatic N) is 2. The van der Waals surface area contributed by atoms with Crippen LogP contribution in [-0.4, -0.2) is 29.3 Å². The van der Waals surface area contributed by atoms with E-state index in [1.807, 2.05) is 20.8 Å². The minimum atomic E-state index is -0.227. The summed E-state index contributed by atoms with van der Waals surface area (Å²) < 4.78 is 13.6. The first-order valence-electron chi connectivity index (χ1n) is 7.28. The Bertz CT molecular complexity index is 384. The van der Waals surface area contributed by atoms with E-state index in [9.17, 15) is 9.50 Å². The molecule has 3 nitrogen and oxygen atoms in total. The van der Waals surface area contributed by atoms with Gasteiger partial charge in [0.15, 0.2) is 0 Å². The fourth-order valence-corrected chi connectivity index (χ4v) is 2.23. The first-order valence-corrected chi connectivity index (χ1v) is 7.28. The smallest absolute Gasteiger partial charge is 0.146 e. The third-order valence-electron chi connectivity index (χ3n) is 3.30. The van der Waals surface area contributed by atoms with Crippen LogP contribution in [-0.2, 0) is 6.42 Å². The van der Waals surface area contributed by atoms with Gasteiger partial charge in [-0.2, -0.15) is 0 Å². The van der Waals surface area contributed by atoms with Crippen molar-refractivity contribution in [2.75, 3.05) is 18.0 Å². The van der Waals surface area contributed by atoms with Crippen molar-refractivity contribution in [1.29, 1.82) is 0 Å². The average Bonchev–Trinajstić information content (AvgIpc) is 2.66. The zero-order chi connectivity index (χ0) is 14.3. The summed E-state index contributed by atoms with van der Waals surface area (Å²) in [7, 11) is 0. The monoisotopic (exact) mass is 268 g/mol. The van der Waals surface area contributed by atoms with Crippen molar-refractivity contribution in [2.45, 2.75) is 52.6 Å². The van der Waals surface area contributed by atoms with E-state index in [0.717, 1.165) is 38.0 Å². The summed E-state index contributed by atoms with van der Waals surface area (Å²) in [6, 6.07) is 1.56. The van der Waals surface area contributed by atoms with Crippen LogP contribution in [0.4, 0.5) is 10.1 Å². The molecule has 1 atom stereocenters. The van der Waals surface area contributed by atoms with Crippen LogP contribution in [0.2, 0.25) is 0 Å². The second-order valence-corrected chi connectivity index (χ2v) is 4.55. The molecule has 1 saturated heterocycles. The Morgan fingerprint density at radius 2 is 2.11 bits per heavy atom. The summed E-state index contributed by atoms with van der Waals surface area (Å²) in [5.74, 6) is -0.227. The number of aliphatic hydroxyl groups is 1. The number of halogens is 1. The van der Waals surface area contributed by atoms with Crippen molar-refractivity contribution in [3.63, 3.8) is 0 Å². The van der Waals surface area contributed by atoms with Gasteiger partial charge in [0.2, 0.25) is 0 Å². The molecule has 0 amide bonds. The predicted octanol–water partition coefficient (Wildman–Crippen LogP) is 3.16. The van der Waals surface area contributed by atoms with Gasteiger partial charge in [-0.15, -0.1) is 0 Å². The summed E-state index contributed by atoms with van der Waals surface area (Å²) in [6.07, 6.45) is 4.66. The highest BCUT2D eigenvalue weighted by Gasteiger charge is 2.16. The molecule has 0 saturated carbocycles. The van der Waals surface area contributed by atoms with E-state index in [4.69, 9.17) is 0 Å². The molecule has 0 aliphatic carbocycles. The van der Waals surface area contributed by atoms with Crippen LogP contribution >= 0.6 is 0 Å². The van der Waals surface area contributed by atoms with Crippen LogP contribution in [0.3, 0.4) is 0 Å². The van der Waals surface area contributed by atoms with Crippen LogP contribution in [0.25, 0.3) is 0 Å². The van der Waals surface area contributed by atoms with Crippen molar-refractivity contribution >= 4 is 5.69 Å². The molecule has 1 N–H and O–H groups in total. The van der Waals surface area contributed by atoms with Crippen molar-refractivity contribution < 1.29 is 9.50 Å². The standard InChI is InChI=1S/C13H19FN2O.C2H6/c1-2-13-12(14)8-10(9-15-13)16-6-3-4-11(17)5-7-16;1-2/h8-9,11,17H,2-7H2,1H3;1-2H3. The van der Waals surface area contributed by atoms with E-state index in [0.29, 0.717) is 12.1 Å². The van der Waals surface area contributed by atoms with Crippen LogP contribution in [0.5, 0.6) is 0 Å². The average molecular weight is 268 g/mol. The van der Waals surface area contributed by atoms with Gasteiger partial charge in [-0.1, -0.05) is 20.8 Å². The predicted molar refractivity (Wildman–Crippen MR) is 77.0 cm³/mol. The van der Waals surface area contributed by atoms with Gasteiger partial charge in [-0.3, -0.25) is 4.98 Å². The molecule has 108 valence electrons. The van der Waals surface area contributed by atoms with Gasteiger partial charge in [0.25, 0.3) is 0 Å². The Morgan fingerprint density at radius 1 is 1.37 bits per heavy atom. The zero-order valence-electron chi connectivity index (χ0n) is 12.2. The second kappa shape index (κ2) is 8.10. The Morgan fingerprint density at radius 3 is 2.74 bits per heavy atom. The van der Waals surface area contributed by atoms with Gasteiger partial charge in [0.1, 0.15) is 5.82 Å². The maximum atomic E-state index is 13.6. The van der Waals surface area contributed by atoms with Gasteiger partial charge in [0.05, 0.1) is 23.7 Å². The van der Waals surface area contributed by atoms with Crippen LogP contribution < -0.4 is 4.90 Å². The molecule has 19 heavy (non-hydrogen) atoms. The number of aryl methyl sites for hydroxylation is 1. The number of aliphatic hydroxyl groups excluding tert-OH is 1. The Balaban J connectivity index is 0.000000861. The third kappa shape index (κ3) is 4.46. The van der Waals surface area contributed by atoms with Gasteiger partial charge in [-0.05, 0) is 25.7 Å². The summed E-state index contributed by atoms with van der Waals surface area (Å²) >= 11 is 0. The molecule has 0 bridgehead atoms. The SMILES string of the molecule is CC.CCc1ncc(N2CCCC(O)CC2)cc1F. The molecule has 4 heteroatoms. The van der Waals surface area contributed by atoms with E-state index in [1.165, 1.54) is 0 Å². The maximum Gasteiger partial charge on any atom is 0.146 e. The Kier molecular flexibility index (Phi) is 6.78. The number of hydrogen-bond acceptors (Lipinski definition) is 3. The lowest BCUT2D eigenvalue weighted by Crippen LogP contribution is -2.25. The van der Waals surface area contributed by atoms with Gasteiger partial charge < -0.3 is 10.0 Å². The Labute approximate surface area is 115 Å². The highest BCUT2D eigenvalue weighted by Crippen LogP contribution is 2.20. The summed E-state index contributed by atoms with van der Waals surface area (Å²) in [5.41, 5.74) is 1.34. The molecule has 2 heterocycles. The van der Waals surface area contributed by atoms with E-state index >= 15 is 0 Å². The lowest BCUT2D eigenvalue weighted by molar-refractivity contribution is 0.161. The van der Waals surface area contributed by atoms with Crippen molar-refractivity contribution in [2.24, 2.45) is 0 Å². The fourth-order valence-electron chi connectivity index (χ4n) is 2.23. The van der Waals surface area contributed by atoms with E-state index in [2.05, 4.69) is 9.88 Å². The van der Waals surface area contributed by atoms with Gasteiger partial charge in [-0.25, -0.2) is 4.39 Å². The minimum absolute atomic E-state index is 0.215. The van der Waals surface area contributed by atoms with Gasteiger partial charge in [0, 0.05) is 19.2 Å². The molecule has 1 aliphatic heterocycles. The summed E-state index contributed by atoms with van der Waals surface area (Å²) in [4.78, 5) is 6.25. The number of aromatic nitrogens is 1. The molecular formula is C15H25FN2O. The highest BCUT2D eigenvalue weighted by molar-refractivity contribution is 5.45. The third-order valence-corrected chi connectivity index (χ3v) is 3.30. The quantitative estimate of drug-likeness (QED) is 0.895. The molecule has 2 rings (SSSR count). The Hall–Kier alpha value is -1.16. The maximum absolute atomic E-state index is 13.6. The normalized spacial score (nSPS) is 19.4. The number of anilines is 1. The number of pyridine rings is 1. The zero-order valence-corrected chi connectivity index (χ0v) is 12.2. The van der Waals surface area contributed by atoms with Gasteiger partial charge >= 0.3 is 0 Å². The molecule has 0 spiro atoms. The molecule has 0 aromatic carbocycles. The highest BCUT2D eigenvalue weighted by atomic mass is 19.1. The topological polar surface area (TPSA) is 36.4 Å². The van der Waals surface area contributed by atoms with E-state index in [-0.39, 0.29) is 11.9 Å². The first kappa shape index (κ1) is 15.9. The molecule has 0 radical (unpaired) electrons. The molecular weight excluding hydrogens is 243 g/mol. The molecule has 1 fully saturated rings. The fraction of sp³-hybridized carbons (Fsp3) is 0.667. The van der Waals surface area contributed by atoms with Crippen molar-refractivity contribution in [3.05, 3.63) is 23.8 Å². The van der Waals surface area contributed by atoms with Crippen LogP contribution in [0.1, 0.15) is 45.7 Å². The molecule has 1 aromatic rings. The lowest BCUT2D eigenvalue weighted by atomic mass is 10.2. The van der Waals surface area contributed by atoms with Crippen molar-refractivity contribution in [1.82, 2.24) is 4.98 Å². The molecule has 1 aliphatic rings. The second-order valence-electron chi connectivity index (χ2n) is 4.55. The largest absolute Gasteiger partial charge is 0.393 e. The molecule has 1 aromatic heterocycles. The minimum Gasteiger partial charge on any atom is -0.393 e. The first-order chi connectivity index (χ1) is 9.20. The molecule has 1 unspecified atom stereocenters. The van der Waals surface area contributed by atoms with E-state index in [1.54, 1.807) is 12.3 Å². The van der Waals surface area contributed by atoms with Crippen molar-refractivity contribution in [3.8, 4) is 0 Å². The van der Waals surface area contributed by atoms with Crippen LogP contribution in [0, 0.1) is 5.82 Å².